The molecule has 0 spiro atoms. The SMILES string of the molecule is Fc1ccc(-c2cc3cc4c(cc(-c5ccc(F)cc5)n4-c4ccc(N(c5ccc(-c6ccccc6)cc5)c5cccc6ccccc56)cc4)cc3n2-c2ccc(N(c3ccc(-c4ccccc4)cc3)c3cccc4ccccc34)cc2)cc1. The fourth-order valence-corrected chi connectivity index (χ4v) is 12.2. The lowest BCUT2D eigenvalue weighted by molar-refractivity contribution is 0.627. The van der Waals surface area contributed by atoms with Crippen LogP contribution in [0.5, 0.6) is 0 Å². The van der Waals surface area contributed by atoms with Gasteiger partial charge in [0.05, 0.1) is 33.8 Å². The molecule has 15 aromatic rings. The van der Waals surface area contributed by atoms with E-state index in [-0.39, 0.29) is 11.6 Å². The van der Waals surface area contributed by atoms with E-state index in [1.807, 2.05) is 36.4 Å². The van der Waals surface area contributed by atoms with E-state index < -0.39 is 0 Å². The van der Waals surface area contributed by atoms with Crippen molar-refractivity contribution in [3.63, 3.8) is 0 Å². The van der Waals surface area contributed by atoms with E-state index in [1.165, 1.54) is 24.3 Å². The van der Waals surface area contributed by atoms with Crippen LogP contribution in [0.4, 0.5) is 42.9 Å². The van der Waals surface area contributed by atoms with E-state index in [1.54, 1.807) is 0 Å². The maximum absolute atomic E-state index is 14.7. The molecule has 4 nitrogen and oxygen atoms in total. The van der Waals surface area contributed by atoms with Gasteiger partial charge < -0.3 is 18.9 Å². The Balaban J connectivity index is 0.866. The van der Waals surface area contributed by atoms with Crippen molar-refractivity contribution in [2.45, 2.75) is 0 Å². The summed E-state index contributed by atoms with van der Waals surface area (Å²) in [4.78, 5) is 4.66. The Morgan fingerprint density at radius 1 is 0.238 bits per heavy atom. The summed E-state index contributed by atoms with van der Waals surface area (Å²) in [6, 6.07) is 108. The van der Waals surface area contributed by atoms with Gasteiger partial charge in [-0.3, -0.25) is 0 Å². The third kappa shape index (κ3) is 9.13. The smallest absolute Gasteiger partial charge is 0.123 e. The van der Waals surface area contributed by atoms with Gasteiger partial charge in [-0.1, -0.05) is 158 Å². The molecule has 0 saturated heterocycles. The number of nitrogens with zero attached hydrogens (tertiary/aromatic N) is 4. The Morgan fingerprint density at radius 3 is 0.929 bits per heavy atom. The zero-order valence-electron chi connectivity index (χ0n) is 45.6. The van der Waals surface area contributed by atoms with Crippen molar-refractivity contribution in [3.05, 3.63) is 327 Å². The van der Waals surface area contributed by atoms with Crippen LogP contribution < -0.4 is 9.80 Å². The lowest BCUT2D eigenvalue weighted by Crippen LogP contribution is -2.10. The number of fused-ring (bicyclic) bond motifs is 4. The highest BCUT2D eigenvalue weighted by molar-refractivity contribution is 6.04. The van der Waals surface area contributed by atoms with Crippen molar-refractivity contribution >= 4 is 77.5 Å². The molecule has 0 aliphatic carbocycles. The maximum Gasteiger partial charge on any atom is 0.123 e. The molecule has 0 aliphatic heterocycles. The lowest BCUT2D eigenvalue weighted by Gasteiger charge is -2.27. The van der Waals surface area contributed by atoms with E-state index in [2.05, 4.69) is 274 Å². The third-order valence-corrected chi connectivity index (χ3v) is 16.2. The minimum atomic E-state index is -0.295. The van der Waals surface area contributed by atoms with Crippen LogP contribution in [0, 0.1) is 11.6 Å². The first-order valence-electron chi connectivity index (χ1n) is 28.3. The molecule has 0 fully saturated rings. The summed E-state index contributed by atoms with van der Waals surface area (Å²) in [6.07, 6.45) is 0. The number of rotatable bonds is 12. The highest BCUT2D eigenvalue weighted by atomic mass is 19.1. The Morgan fingerprint density at radius 2 is 0.548 bits per heavy atom. The molecule has 0 bridgehead atoms. The van der Waals surface area contributed by atoms with Crippen molar-refractivity contribution in [3.8, 4) is 56.1 Å². The molecule has 13 aromatic carbocycles. The molecule has 0 aliphatic rings. The predicted octanol–water partition coefficient (Wildman–Crippen LogP) is 21.8. The van der Waals surface area contributed by atoms with E-state index >= 15 is 0 Å². The van der Waals surface area contributed by atoms with Gasteiger partial charge in [-0.05, 0) is 202 Å². The molecular weight excluding hydrogens is 1030 g/mol. The van der Waals surface area contributed by atoms with Gasteiger partial charge in [0.25, 0.3) is 0 Å². The van der Waals surface area contributed by atoms with E-state index in [0.717, 1.165) is 134 Å². The summed E-state index contributed by atoms with van der Waals surface area (Å²) in [7, 11) is 0. The van der Waals surface area contributed by atoms with Crippen molar-refractivity contribution in [2.75, 3.05) is 9.80 Å². The van der Waals surface area contributed by atoms with Crippen molar-refractivity contribution < 1.29 is 8.78 Å². The van der Waals surface area contributed by atoms with E-state index in [4.69, 9.17) is 0 Å². The van der Waals surface area contributed by atoms with E-state index in [9.17, 15) is 8.78 Å². The molecule has 84 heavy (non-hydrogen) atoms. The van der Waals surface area contributed by atoms with Crippen LogP contribution in [-0.4, -0.2) is 9.13 Å². The van der Waals surface area contributed by atoms with Gasteiger partial charge >= 0.3 is 0 Å². The molecule has 6 heteroatoms. The number of aromatic nitrogens is 2. The fraction of sp³-hybridized carbons (Fsp3) is 0. The highest BCUT2D eigenvalue weighted by Crippen LogP contribution is 2.44. The Hall–Kier alpha value is -11.1. The molecule has 0 N–H and O–H groups in total. The number of halogens is 2. The minimum absolute atomic E-state index is 0.295. The number of anilines is 6. The van der Waals surface area contributed by atoms with Crippen LogP contribution in [0.1, 0.15) is 0 Å². The average Bonchev–Trinajstić information content (AvgIpc) is 2.67. The number of hydrogen-bond donors (Lipinski definition) is 0. The molecule has 0 atom stereocenters. The van der Waals surface area contributed by atoms with Crippen molar-refractivity contribution in [1.29, 1.82) is 0 Å². The van der Waals surface area contributed by atoms with Gasteiger partial charge in [0.2, 0.25) is 0 Å². The summed E-state index contributed by atoms with van der Waals surface area (Å²) in [6.45, 7) is 0. The van der Waals surface area contributed by atoms with Crippen LogP contribution in [0.2, 0.25) is 0 Å². The van der Waals surface area contributed by atoms with Crippen LogP contribution in [0.3, 0.4) is 0 Å². The number of benzene rings is 13. The second kappa shape index (κ2) is 21.1. The summed E-state index contributed by atoms with van der Waals surface area (Å²) in [5.41, 5.74) is 18.3. The molecule has 15 rings (SSSR count). The standard InChI is InChI=1S/C78H52F2N4/c79-63-33-25-59(26-34-63)75-49-61-52-78-62(51-77(61)83(75)69-45-41-67(42-46-69)81(73-23-11-19-57-17-7-9-21-71(57)73)65-37-29-55(30-38-65)53-13-3-1-4-14-53)50-76(60-27-35-64(80)36-28-60)84(78)70-47-43-68(44-48-70)82(74-24-12-20-58-18-8-10-22-72(58)74)66-39-31-56(32-40-66)54-15-5-2-6-16-54/h1-52H. The first-order valence-corrected chi connectivity index (χ1v) is 28.3. The molecule has 0 unspecified atom stereocenters. The monoisotopic (exact) mass is 1080 g/mol. The predicted molar refractivity (Wildman–Crippen MR) is 346 cm³/mol. The Kier molecular flexibility index (Phi) is 12.5. The van der Waals surface area contributed by atoms with Gasteiger partial charge in [0.1, 0.15) is 11.6 Å². The van der Waals surface area contributed by atoms with Crippen LogP contribution in [0.15, 0.2) is 315 Å². The first-order chi connectivity index (χ1) is 41.5. The third-order valence-electron chi connectivity index (χ3n) is 16.2. The second-order valence-electron chi connectivity index (χ2n) is 21.2. The van der Waals surface area contributed by atoms with Gasteiger partial charge in [-0.15, -0.1) is 0 Å². The van der Waals surface area contributed by atoms with Gasteiger partial charge in [-0.25, -0.2) is 8.78 Å². The van der Waals surface area contributed by atoms with Crippen molar-refractivity contribution in [2.24, 2.45) is 0 Å². The first kappa shape index (κ1) is 49.9. The van der Waals surface area contributed by atoms with Crippen LogP contribution in [0.25, 0.3) is 99.5 Å². The summed E-state index contributed by atoms with van der Waals surface area (Å²) >= 11 is 0. The molecule has 0 saturated carbocycles. The molecule has 2 aromatic heterocycles. The molecule has 2 heterocycles. The molecule has 398 valence electrons. The van der Waals surface area contributed by atoms with E-state index in [0.29, 0.717) is 0 Å². The molecule has 0 radical (unpaired) electrons. The topological polar surface area (TPSA) is 16.3 Å². The molecular formula is C78H52F2N4. The van der Waals surface area contributed by atoms with Gasteiger partial charge in [-0.2, -0.15) is 0 Å². The minimum Gasteiger partial charge on any atom is -0.310 e. The fourth-order valence-electron chi connectivity index (χ4n) is 12.2. The van der Waals surface area contributed by atoms with Crippen LogP contribution in [-0.2, 0) is 0 Å². The summed E-state index contributed by atoms with van der Waals surface area (Å²) in [5.74, 6) is -0.590. The van der Waals surface area contributed by atoms with Gasteiger partial charge in [0.15, 0.2) is 0 Å². The highest BCUT2D eigenvalue weighted by Gasteiger charge is 2.22. The van der Waals surface area contributed by atoms with Gasteiger partial charge in [0, 0.05) is 55.7 Å². The largest absolute Gasteiger partial charge is 0.310 e. The Labute approximate surface area is 485 Å². The summed E-state index contributed by atoms with van der Waals surface area (Å²) in [5, 5.41) is 6.61. The molecule has 0 amide bonds. The zero-order chi connectivity index (χ0) is 56.1. The maximum atomic E-state index is 14.7. The second-order valence-corrected chi connectivity index (χ2v) is 21.2. The quantitative estimate of drug-likeness (QED) is 0.121. The Bertz CT molecular complexity index is 4540. The average molecular weight is 1080 g/mol. The zero-order valence-corrected chi connectivity index (χ0v) is 45.6. The summed E-state index contributed by atoms with van der Waals surface area (Å²) < 4.78 is 34.0. The van der Waals surface area contributed by atoms with Crippen LogP contribution >= 0.6 is 0 Å². The number of hydrogen-bond acceptors (Lipinski definition) is 2. The lowest BCUT2D eigenvalue weighted by atomic mass is 10.0. The normalized spacial score (nSPS) is 11.5. The van der Waals surface area contributed by atoms with Crippen molar-refractivity contribution in [1.82, 2.24) is 9.13 Å².